The standard InChI is InChI=1S/C11H13Br2NO4S2/c1-6-4-14(5-7(6)11(15)18-2)20(16,17)8-3-9(12)19-10(8)13/h3,6-7H,4-5H2,1-2H3. The van der Waals surface area contributed by atoms with Crippen LogP contribution in [0.4, 0.5) is 0 Å². The fraction of sp³-hybridized carbons (Fsp3) is 0.545. The highest BCUT2D eigenvalue weighted by molar-refractivity contribution is 9.12. The second kappa shape index (κ2) is 6.04. The molecule has 2 rings (SSSR count). The first-order chi connectivity index (χ1) is 9.27. The first-order valence-corrected chi connectivity index (χ1v) is 9.64. The molecule has 2 unspecified atom stereocenters. The van der Waals surface area contributed by atoms with Crippen LogP contribution < -0.4 is 0 Å². The molecule has 0 aliphatic carbocycles. The molecule has 112 valence electrons. The average molecular weight is 447 g/mol. The van der Waals surface area contributed by atoms with Crippen molar-refractivity contribution in [2.24, 2.45) is 11.8 Å². The molecule has 1 fully saturated rings. The highest BCUT2D eigenvalue weighted by atomic mass is 79.9. The van der Waals surface area contributed by atoms with E-state index in [1.807, 2.05) is 6.92 Å². The maximum absolute atomic E-state index is 12.6. The Morgan fingerprint density at radius 3 is 2.60 bits per heavy atom. The third-order valence-corrected chi connectivity index (χ3v) is 7.91. The van der Waals surface area contributed by atoms with Crippen molar-refractivity contribution >= 4 is 59.2 Å². The number of carbonyl (C=O) groups excluding carboxylic acids is 1. The number of ether oxygens (including phenoxy) is 1. The number of hydrogen-bond donors (Lipinski definition) is 0. The Morgan fingerprint density at radius 1 is 1.45 bits per heavy atom. The molecule has 2 heterocycles. The van der Waals surface area contributed by atoms with Crippen molar-refractivity contribution in [3.05, 3.63) is 13.6 Å². The summed E-state index contributed by atoms with van der Waals surface area (Å²) < 4.78 is 32.6. The van der Waals surface area contributed by atoms with Crippen LogP contribution in [0, 0.1) is 11.8 Å². The van der Waals surface area contributed by atoms with E-state index in [4.69, 9.17) is 4.74 Å². The molecule has 0 spiro atoms. The Hall–Kier alpha value is 0.0400. The molecule has 1 aromatic heterocycles. The lowest BCUT2D eigenvalue weighted by Crippen LogP contribution is -2.30. The summed E-state index contributed by atoms with van der Waals surface area (Å²) in [5.74, 6) is -0.825. The van der Waals surface area contributed by atoms with E-state index in [1.54, 1.807) is 6.07 Å². The summed E-state index contributed by atoms with van der Waals surface area (Å²) in [6.07, 6.45) is 0. The largest absolute Gasteiger partial charge is 0.469 e. The number of methoxy groups -OCH3 is 1. The Morgan fingerprint density at radius 2 is 2.10 bits per heavy atom. The minimum absolute atomic E-state index is 0.0573. The monoisotopic (exact) mass is 445 g/mol. The van der Waals surface area contributed by atoms with Gasteiger partial charge in [0, 0.05) is 13.1 Å². The maximum atomic E-state index is 12.6. The zero-order valence-corrected chi connectivity index (χ0v) is 15.6. The van der Waals surface area contributed by atoms with Gasteiger partial charge < -0.3 is 4.74 Å². The van der Waals surface area contributed by atoms with Crippen molar-refractivity contribution in [1.29, 1.82) is 0 Å². The van der Waals surface area contributed by atoms with E-state index in [-0.39, 0.29) is 23.3 Å². The van der Waals surface area contributed by atoms with E-state index < -0.39 is 15.9 Å². The second-order valence-electron chi connectivity index (χ2n) is 4.62. The van der Waals surface area contributed by atoms with Crippen molar-refractivity contribution in [2.75, 3.05) is 20.2 Å². The molecule has 0 saturated carbocycles. The van der Waals surface area contributed by atoms with E-state index in [9.17, 15) is 13.2 Å². The molecule has 20 heavy (non-hydrogen) atoms. The molecule has 0 N–H and O–H groups in total. The second-order valence-corrected chi connectivity index (χ2v) is 10.3. The summed E-state index contributed by atoms with van der Waals surface area (Å²) in [7, 11) is -2.28. The average Bonchev–Trinajstić information content (AvgIpc) is 2.92. The third kappa shape index (κ3) is 2.96. The fourth-order valence-corrected chi connectivity index (χ4v) is 7.54. The number of carbonyl (C=O) groups is 1. The lowest BCUT2D eigenvalue weighted by Gasteiger charge is -2.15. The molecule has 9 heteroatoms. The van der Waals surface area contributed by atoms with Crippen LogP contribution in [0.3, 0.4) is 0 Å². The SMILES string of the molecule is COC(=O)C1CN(S(=O)(=O)c2cc(Br)sc2Br)CC1C. The molecule has 0 radical (unpaired) electrons. The number of hydrogen-bond acceptors (Lipinski definition) is 5. The third-order valence-electron chi connectivity index (χ3n) is 3.33. The lowest BCUT2D eigenvalue weighted by atomic mass is 9.99. The number of nitrogens with zero attached hydrogens (tertiary/aromatic N) is 1. The van der Waals surface area contributed by atoms with Gasteiger partial charge in [0.1, 0.15) is 4.90 Å². The Bertz CT molecular complexity index is 628. The molecular weight excluding hydrogens is 434 g/mol. The Labute approximate surface area is 138 Å². The van der Waals surface area contributed by atoms with Crippen molar-refractivity contribution < 1.29 is 17.9 Å². The summed E-state index contributed by atoms with van der Waals surface area (Å²) in [4.78, 5) is 11.9. The molecule has 0 bridgehead atoms. The van der Waals surface area contributed by atoms with Gasteiger partial charge in [0.2, 0.25) is 10.0 Å². The van der Waals surface area contributed by atoms with E-state index in [0.29, 0.717) is 10.3 Å². The predicted octanol–water partition coefficient (Wildman–Crippen LogP) is 2.70. The normalized spacial score (nSPS) is 24.0. The molecule has 1 saturated heterocycles. The molecule has 1 aliphatic rings. The first-order valence-electron chi connectivity index (χ1n) is 5.80. The fourth-order valence-electron chi connectivity index (χ4n) is 2.22. The van der Waals surface area contributed by atoms with Gasteiger partial charge in [-0.2, -0.15) is 4.31 Å². The van der Waals surface area contributed by atoms with E-state index in [2.05, 4.69) is 31.9 Å². The van der Waals surface area contributed by atoms with Gasteiger partial charge >= 0.3 is 5.97 Å². The van der Waals surface area contributed by atoms with Crippen molar-refractivity contribution in [2.45, 2.75) is 11.8 Å². The van der Waals surface area contributed by atoms with Gasteiger partial charge in [-0.3, -0.25) is 4.79 Å². The van der Waals surface area contributed by atoms with Crippen LogP contribution in [0.1, 0.15) is 6.92 Å². The van der Waals surface area contributed by atoms with Gasteiger partial charge in [-0.15, -0.1) is 11.3 Å². The molecule has 1 aromatic rings. The highest BCUT2D eigenvalue weighted by Gasteiger charge is 2.42. The van der Waals surface area contributed by atoms with Gasteiger partial charge in [0.25, 0.3) is 0 Å². The van der Waals surface area contributed by atoms with Gasteiger partial charge in [0.05, 0.1) is 20.6 Å². The van der Waals surface area contributed by atoms with Crippen LogP contribution in [-0.4, -0.2) is 38.9 Å². The zero-order valence-electron chi connectivity index (χ0n) is 10.8. The van der Waals surface area contributed by atoms with Crippen molar-refractivity contribution in [3.63, 3.8) is 0 Å². The molecule has 1 aliphatic heterocycles. The lowest BCUT2D eigenvalue weighted by molar-refractivity contribution is -0.145. The van der Waals surface area contributed by atoms with Crippen LogP contribution in [0.25, 0.3) is 0 Å². The van der Waals surface area contributed by atoms with Gasteiger partial charge in [-0.1, -0.05) is 6.92 Å². The van der Waals surface area contributed by atoms with Gasteiger partial charge in [-0.25, -0.2) is 8.42 Å². The summed E-state index contributed by atoms with van der Waals surface area (Å²) in [6, 6.07) is 1.57. The highest BCUT2D eigenvalue weighted by Crippen LogP contribution is 2.38. The number of rotatable bonds is 3. The van der Waals surface area contributed by atoms with E-state index >= 15 is 0 Å². The Kier molecular flexibility index (Phi) is 4.95. The minimum atomic E-state index is -3.60. The van der Waals surface area contributed by atoms with Crippen molar-refractivity contribution in [1.82, 2.24) is 4.31 Å². The van der Waals surface area contributed by atoms with Crippen LogP contribution in [-0.2, 0) is 19.6 Å². The quantitative estimate of drug-likeness (QED) is 0.669. The summed E-state index contributed by atoms with van der Waals surface area (Å²) in [6.45, 7) is 2.34. The number of thiophene rings is 1. The van der Waals surface area contributed by atoms with Crippen LogP contribution in [0.15, 0.2) is 18.5 Å². The molecule has 5 nitrogen and oxygen atoms in total. The van der Waals surface area contributed by atoms with Crippen LogP contribution in [0.2, 0.25) is 0 Å². The number of sulfonamides is 1. The number of halogens is 2. The van der Waals surface area contributed by atoms with Crippen LogP contribution >= 0.6 is 43.2 Å². The molecule has 2 atom stereocenters. The van der Waals surface area contributed by atoms with E-state index in [1.165, 1.54) is 22.8 Å². The predicted molar refractivity (Wildman–Crippen MR) is 83.1 cm³/mol. The first kappa shape index (κ1) is 16.4. The molecule has 0 amide bonds. The summed E-state index contributed by atoms with van der Waals surface area (Å²) in [5.41, 5.74) is 0. The van der Waals surface area contributed by atoms with E-state index in [0.717, 1.165) is 3.79 Å². The maximum Gasteiger partial charge on any atom is 0.310 e. The van der Waals surface area contributed by atoms with Gasteiger partial charge in [-0.05, 0) is 43.8 Å². The minimum Gasteiger partial charge on any atom is -0.469 e. The van der Waals surface area contributed by atoms with Crippen molar-refractivity contribution in [3.8, 4) is 0 Å². The smallest absolute Gasteiger partial charge is 0.310 e. The molecule has 0 aromatic carbocycles. The van der Waals surface area contributed by atoms with Crippen LogP contribution in [0.5, 0.6) is 0 Å². The Balaban J connectivity index is 2.29. The number of esters is 1. The van der Waals surface area contributed by atoms with Gasteiger partial charge in [0.15, 0.2) is 0 Å². The summed E-state index contributed by atoms with van der Waals surface area (Å²) in [5, 5.41) is 0. The zero-order chi connectivity index (χ0) is 15.1. The topological polar surface area (TPSA) is 63.7 Å². The molecular formula is C11H13Br2NO4S2. The summed E-state index contributed by atoms with van der Waals surface area (Å²) >= 11 is 7.84.